The number of carbonyl (C=O) groups is 2. The van der Waals surface area contributed by atoms with E-state index < -0.39 is 32.5 Å². The normalized spacial score (nSPS) is 13.8. The van der Waals surface area contributed by atoms with Crippen LogP contribution >= 0.6 is 7.82 Å². The van der Waals surface area contributed by atoms with Gasteiger partial charge in [0.05, 0.1) is 13.2 Å². The summed E-state index contributed by atoms with van der Waals surface area (Å²) in [4.78, 5) is 34.4. The fourth-order valence-electron chi connectivity index (χ4n) is 4.20. The van der Waals surface area contributed by atoms with Crippen LogP contribution in [0.15, 0.2) is 12.2 Å². The zero-order valence-electron chi connectivity index (χ0n) is 26.0. The average molecular weight is 606 g/mol. The molecule has 0 aromatic rings. The van der Waals surface area contributed by atoms with Crippen molar-refractivity contribution in [3.8, 4) is 0 Å². The van der Waals surface area contributed by atoms with Crippen LogP contribution in [0.4, 0.5) is 0 Å². The van der Waals surface area contributed by atoms with Gasteiger partial charge in [-0.15, -0.1) is 0 Å². The van der Waals surface area contributed by atoms with Gasteiger partial charge in [-0.2, -0.15) is 0 Å². The molecule has 0 aliphatic carbocycles. The molecule has 9 nitrogen and oxygen atoms in total. The summed E-state index contributed by atoms with van der Waals surface area (Å²) in [6, 6.07) is 0. The number of rotatable bonds is 30. The van der Waals surface area contributed by atoms with Crippen LogP contribution in [-0.4, -0.2) is 49.3 Å². The lowest BCUT2D eigenvalue weighted by Gasteiger charge is -2.19. The van der Waals surface area contributed by atoms with Crippen molar-refractivity contribution in [2.45, 2.75) is 148 Å². The van der Waals surface area contributed by atoms with Gasteiger partial charge in [0.25, 0.3) is 0 Å². The molecule has 0 bridgehead atoms. The first-order valence-corrected chi connectivity index (χ1v) is 17.7. The maximum Gasteiger partial charge on any atom is 0.472 e. The SMILES string of the molecule is CCCC/C=C/CCCCCCCC(=O)OC[C@H](COP(=O)(O)OCCN)OC(=O)CCCCCCCCCCC. The molecule has 0 heterocycles. The van der Waals surface area contributed by atoms with Crippen LogP contribution in [0.25, 0.3) is 0 Å². The van der Waals surface area contributed by atoms with E-state index in [0.29, 0.717) is 6.42 Å². The molecule has 0 rings (SSSR count). The molecule has 0 aromatic carbocycles. The first-order valence-electron chi connectivity index (χ1n) is 16.2. The molecule has 41 heavy (non-hydrogen) atoms. The minimum Gasteiger partial charge on any atom is -0.462 e. The van der Waals surface area contributed by atoms with Crippen molar-refractivity contribution in [3.63, 3.8) is 0 Å². The van der Waals surface area contributed by atoms with Crippen LogP contribution in [0.3, 0.4) is 0 Å². The van der Waals surface area contributed by atoms with Crippen LogP contribution in [0.2, 0.25) is 0 Å². The highest BCUT2D eigenvalue weighted by molar-refractivity contribution is 7.47. The van der Waals surface area contributed by atoms with E-state index in [1.165, 1.54) is 44.9 Å². The lowest BCUT2D eigenvalue weighted by molar-refractivity contribution is -0.161. The van der Waals surface area contributed by atoms with E-state index in [0.717, 1.165) is 64.2 Å². The number of nitrogens with two attached hydrogens (primary N) is 1. The largest absolute Gasteiger partial charge is 0.472 e. The number of hydrogen-bond acceptors (Lipinski definition) is 8. The minimum atomic E-state index is -4.36. The highest BCUT2D eigenvalue weighted by Gasteiger charge is 2.25. The van der Waals surface area contributed by atoms with Gasteiger partial charge in [0, 0.05) is 19.4 Å². The van der Waals surface area contributed by atoms with E-state index in [1.807, 2.05) is 0 Å². The lowest BCUT2D eigenvalue weighted by Crippen LogP contribution is -2.29. The summed E-state index contributed by atoms with van der Waals surface area (Å²) in [6.07, 6.45) is 23.9. The van der Waals surface area contributed by atoms with E-state index in [2.05, 4.69) is 26.0 Å². The zero-order valence-corrected chi connectivity index (χ0v) is 26.9. The predicted molar refractivity (Wildman–Crippen MR) is 164 cm³/mol. The van der Waals surface area contributed by atoms with Gasteiger partial charge in [0.2, 0.25) is 0 Å². The Balaban J connectivity index is 4.32. The fraction of sp³-hybridized carbons (Fsp3) is 0.871. The lowest BCUT2D eigenvalue weighted by atomic mass is 10.1. The summed E-state index contributed by atoms with van der Waals surface area (Å²) in [6.45, 7) is 3.63. The fourth-order valence-corrected chi connectivity index (χ4v) is 4.97. The van der Waals surface area contributed by atoms with E-state index in [-0.39, 0.29) is 32.6 Å². The van der Waals surface area contributed by atoms with Crippen molar-refractivity contribution >= 4 is 19.8 Å². The first kappa shape index (κ1) is 39.8. The summed E-state index contributed by atoms with van der Waals surface area (Å²) in [5.41, 5.74) is 5.30. The number of esters is 2. The summed E-state index contributed by atoms with van der Waals surface area (Å²) in [5.74, 6) is -0.844. The van der Waals surface area contributed by atoms with Gasteiger partial charge in [0.15, 0.2) is 6.10 Å². The Hall–Kier alpha value is -1.25. The molecule has 0 amide bonds. The van der Waals surface area contributed by atoms with Crippen molar-refractivity contribution in [1.29, 1.82) is 0 Å². The predicted octanol–water partition coefficient (Wildman–Crippen LogP) is 7.93. The van der Waals surface area contributed by atoms with Gasteiger partial charge in [-0.25, -0.2) is 4.57 Å². The number of carbonyl (C=O) groups excluding carboxylic acids is 2. The van der Waals surface area contributed by atoms with E-state index >= 15 is 0 Å². The Labute approximate surface area is 249 Å². The molecule has 0 spiro atoms. The van der Waals surface area contributed by atoms with Gasteiger partial charge < -0.3 is 20.1 Å². The molecule has 0 fully saturated rings. The Kier molecular flexibility index (Phi) is 28.0. The third-order valence-corrected chi connectivity index (χ3v) is 7.64. The molecule has 10 heteroatoms. The summed E-state index contributed by atoms with van der Waals surface area (Å²) >= 11 is 0. The Morgan fingerprint density at radius 1 is 0.707 bits per heavy atom. The van der Waals surface area contributed by atoms with E-state index in [9.17, 15) is 19.0 Å². The highest BCUT2D eigenvalue weighted by atomic mass is 31.2. The van der Waals surface area contributed by atoms with E-state index in [1.54, 1.807) is 0 Å². The summed E-state index contributed by atoms with van der Waals surface area (Å²) < 4.78 is 32.4. The number of unbranched alkanes of at least 4 members (excludes halogenated alkanes) is 15. The quantitative estimate of drug-likeness (QED) is 0.0362. The average Bonchev–Trinajstić information content (AvgIpc) is 2.95. The number of allylic oxidation sites excluding steroid dienone is 2. The maximum absolute atomic E-state index is 12.4. The van der Waals surface area contributed by atoms with Crippen LogP contribution in [-0.2, 0) is 32.7 Å². The van der Waals surface area contributed by atoms with Gasteiger partial charge in [0.1, 0.15) is 6.61 Å². The summed E-state index contributed by atoms with van der Waals surface area (Å²) in [5, 5.41) is 0. The minimum absolute atomic E-state index is 0.0543. The molecule has 2 atom stereocenters. The Bertz CT molecular complexity index is 704. The highest BCUT2D eigenvalue weighted by Crippen LogP contribution is 2.43. The van der Waals surface area contributed by atoms with Crippen molar-refractivity contribution in [1.82, 2.24) is 0 Å². The third-order valence-electron chi connectivity index (χ3n) is 6.65. The molecule has 0 radical (unpaired) electrons. The van der Waals surface area contributed by atoms with Crippen molar-refractivity contribution in [2.75, 3.05) is 26.4 Å². The monoisotopic (exact) mass is 605 g/mol. The van der Waals surface area contributed by atoms with Gasteiger partial charge in [-0.3, -0.25) is 18.6 Å². The van der Waals surface area contributed by atoms with Crippen LogP contribution in [0.5, 0.6) is 0 Å². The molecule has 0 saturated carbocycles. The zero-order chi connectivity index (χ0) is 30.4. The molecule has 0 aromatic heterocycles. The van der Waals surface area contributed by atoms with E-state index in [4.69, 9.17) is 24.3 Å². The molecule has 3 N–H and O–H groups in total. The first-order chi connectivity index (χ1) is 19.8. The maximum atomic E-state index is 12.4. The molecule has 0 aliphatic rings. The molecule has 0 aliphatic heterocycles. The molecule has 1 unspecified atom stereocenters. The van der Waals surface area contributed by atoms with Crippen LogP contribution in [0, 0.1) is 0 Å². The third kappa shape index (κ3) is 28.6. The second-order valence-corrected chi connectivity index (χ2v) is 12.1. The Morgan fingerprint density at radius 3 is 1.80 bits per heavy atom. The van der Waals surface area contributed by atoms with Crippen LogP contribution < -0.4 is 5.73 Å². The van der Waals surface area contributed by atoms with Gasteiger partial charge >= 0.3 is 19.8 Å². The van der Waals surface area contributed by atoms with Gasteiger partial charge in [-0.1, -0.05) is 109 Å². The number of hydrogen-bond donors (Lipinski definition) is 2. The number of phosphoric ester groups is 1. The molecule has 242 valence electrons. The van der Waals surface area contributed by atoms with Gasteiger partial charge in [-0.05, 0) is 32.1 Å². The number of phosphoric acid groups is 1. The molecule has 0 saturated heterocycles. The Morgan fingerprint density at radius 2 is 1.22 bits per heavy atom. The topological polar surface area (TPSA) is 134 Å². The molecular formula is C31H60NO8P. The second kappa shape index (κ2) is 28.9. The number of ether oxygens (including phenoxy) is 2. The van der Waals surface area contributed by atoms with Crippen molar-refractivity contribution in [3.05, 3.63) is 12.2 Å². The standard InChI is InChI=1S/C31H60NO8P/c1-3-5-7-9-11-13-14-16-17-19-21-23-30(33)37-27-29(28-39-41(35,36)38-26-25-32)40-31(34)24-22-20-18-15-12-10-8-6-4-2/h9,11,29H,3-8,10,12-28,32H2,1-2H3,(H,35,36)/b11-9+/t29-/m1/s1. The molecular weight excluding hydrogens is 545 g/mol. The van der Waals surface area contributed by atoms with Crippen molar-refractivity contribution < 1.29 is 37.6 Å². The van der Waals surface area contributed by atoms with Crippen molar-refractivity contribution in [2.24, 2.45) is 5.73 Å². The second-order valence-electron chi connectivity index (χ2n) is 10.7. The van der Waals surface area contributed by atoms with Crippen LogP contribution in [0.1, 0.15) is 142 Å². The smallest absolute Gasteiger partial charge is 0.462 e. The summed E-state index contributed by atoms with van der Waals surface area (Å²) in [7, 11) is -4.36.